The molecule has 0 atom stereocenters. The first-order valence-electron chi connectivity index (χ1n) is 4.12. The molecule has 0 amide bonds. The third-order valence-electron chi connectivity index (χ3n) is 1.66. The smallest absolute Gasteiger partial charge is 0.150 e. The van der Waals surface area contributed by atoms with E-state index in [0.717, 1.165) is 18.4 Å². The molecule has 2 N–H and O–H groups in total. The number of carbonyl (C=O) groups excluding carboxylic acids is 1. The lowest BCUT2D eigenvalue weighted by Gasteiger charge is -1.99. The summed E-state index contributed by atoms with van der Waals surface area (Å²) in [6, 6.07) is 5.16. The van der Waals surface area contributed by atoms with Gasteiger partial charge >= 0.3 is 0 Å². The van der Waals surface area contributed by atoms with E-state index in [1.807, 2.05) is 6.92 Å². The number of carbonyl (C=O) groups is 1. The van der Waals surface area contributed by atoms with Crippen molar-refractivity contribution in [1.82, 2.24) is 0 Å². The Morgan fingerprint density at radius 2 is 2.31 bits per heavy atom. The van der Waals surface area contributed by atoms with E-state index in [1.54, 1.807) is 24.4 Å². The highest BCUT2D eigenvalue weighted by molar-refractivity contribution is 5.89. The molecule has 0 radical (unpaired) electrons. The molecule has 0 saturated carbocycles. The normalized spacial score (nSPS) is 10.5. The summed E-state index contributed by atoms with van der Waals surface area (Å²) in [7, 11) is 0. The van der Waals surface area contributed by atoms with Crippen molar-refractivity contribution in [3.63, 3.8) is 0 Å². The van der Waals surface area contributed by atoms with Crippen molar-refractivity contribution in [3.8, 4) is 0 Å². The Hall–Kier alpha value is -1.64. The number of aldehydes is 1. The number of nitrogens with two attached hydrogens (primary N) is 1. The fourth-order valence-electron chi connectivity index (χ4n) is 0.974. The summed E-state index contributed by atoms with van der Waals surface area (Å²) >= 11 is 0. The molecule has 0 saturated heterocycles. The van der Waals surface area contributed by atoms with E-state index >= 15 is 0 Å². The molecule has 1 rings (SSSR count). The number of aliphatic imine (C=N–C) groups is 1. The maximum atomic E-state index is 10.4. The van der Waals surface area contributed by atoms with Gasteiger partial charge in [0, 0.05) is 29.6 Å². The van der Waals surface area contributed by atoms with Crippen molar-refractivity contribution in [2.45, 2.75) is 6.92 Å². The minimum Gasteiger partial charge on any atom is -0.398 e. The van der Waals surface area contributed by atoms with Gasteiger partial charge < -0.3 is 5.73 Å². The van der Waals surface area contributed by atoms with Gasteiger partial charge in [0.2, 0.25) is 0 Å². The highest BCUT2D eigenvalue weighted by atomic mass is 16.1. The fraction of sp³-hybridized carbons (Fsp3) is 0.200. The van der Waals surface area contributed by atoms with Crippen LogP contribution in [0, 0.1) is 0 Å². The van der Waals surface area contributed by atoms with Crippen molar-refractivity contribution in [2.24, 2.45) is 4.99 Å². The van der Waals surface area contributed by atoms with Crippen LogP contribution in [0.1, 0.15) is 22.8 Å². The fourth-order valence-corrected chi connectivity index (χ4v) is 0.974. The van der Waals surface area contributed by atoms with Crippen LogP contribution in [-0.2, 0) is 0 Å². The molecule has 0 aliphatic carbocycles. The second-order valence-corrected chi connectivity index (χ2v) is 2.63. The van der Waals surface area contributed by atoms with Crippen molar-refractivity contribution in [2.75, 3.05) is 12.3 Å². The van der Waals surface area contributed by atoms with Crippen molar-refractivity contribution in [3.05, 3.63) is 29.3 Å². The molecular formula is C10H12N2O. The van der Waals surface area contributed by atoms with Gasteiger partial charge in [-0.2, -0.15) is 0 Å². The van der Waals surface area contributed by atoms with Crippen LogP contribution in [-0.4, -0.2) is 19.0 Å². The summed E-state index contributed by atoms with van der Waals surface area (Å²) in [5.41, 5.74) is 7.72. The summed E-state index contributed by atoms with van der Waals surface area (Å²) in [4.78, 5) is 14.5. The average molecular weight is 176 g/mol. The highest BCUT2D eigenvalue weighted by Gasteiger charge is 1.96. The molecule has 0 unspecified atom stereocenters. The molecule has 68 valence electrons. The van der Waals surface area contributed by atoms with Crippen LogP contribution < -0.4 is 5.73 Å². The molecule has 0 spiro atoms. The Kier molecular flexibility index (Phi) is 3.20. The summed E-state index contributed by atoms with van der Waals surface area (Å²) < 4.78 is 0. The molecule has 0 aliphatic rings. The van der Waals surface area contributed by atoms with E-state index in [9.17, 15) is 4.79 Å². The van der Waals surface area contributed by atoms with Gasteiger partial charge in [-0.3, -0.25) is 9.79 Å². The van der Waals surface area contributed by atoms with Crippen LogP contribution in [0.2, 0.25) is 0 Å². The maximum absolute atomic E-state index is 10.4. The van der Waals surface area contributed by atoms with Crippen LogP contribution in [0.15, 0.2) is 23.2 Å². The number of benzene rings is 1. The van der Waals surface area contributed by atoms with Crippen LogP contribution in [0.5, 0.6) is 0 Å². The zero-order valence-corrected chi connectivity index (χ0v) is 7.53. The van der Waals surface area contributed by atoms with Crippen molar-refractivity contribution >= 4 is 18.2 Å². The van der Waals surface area contributed by atoms with Gasteiger partial charge in [0.15, 0.2) is 0 Å². The van der Waals surface area contributed by atoms with E-state index in [4.69, 9.17) is 5.73 Å². The van der Waals surface area contributed by atoms with Crippen LogP contribution in [0.3, 0.4) is 0 Å². The van der Waals surface area contributed by atoms with Gasteiger partial charge in [0.25, 0.3) is 0 Å². The molecule has 0 aliphatic heterocycles. The summed E-state index contributed by atoms with van der Waals surface area (Å²) in [6.07, 6.45) is 2.49. The first kappa shape index (κ1) is 9.45. The maximum Gasteiger partial charge on any atom is 0.150 e. The number of hydrogen-bond donors (Lipinski definition) is 1. The molecule has 1 aromatic rings. The average Bonchev–Trinajstić information content (AvgIpc) is 2.16. The molecule has 3 nitrogen and oxygen atoms in total. The monoisotopic (exact) mass is 176 g/mol. The van der Waals surface area contributed by atoms with Crippen LogP contribution in [0.25, 0.3) is 0 Å². The molecule has 0 bridgehead atoms. The quantitative estimate of drug-likeness (QED) is 0.431. The van der Waals surface area contributed by atoms with E-state index in [1.165, 1.54) is 0 Å². The molecule has 13 heavy (non-hydrogen) atoms. The van der Waals surface area contributed by atoms with Gasteiger partial charge in [-0.15, -0.1) is 0 Å². The molecule has 3 heteroatoms. The Balaban J connectivity index is 2.98. The standard InChI is InChI=1S/C10H12N2O/c1-2-12-6-9-4-3-8(7-13)5-10(9)11/h3-7H,2,11H2,1H3. The minimum atomic E-state index is 0.585. The number of nitrogen functional groups attached to an aromatic ring is 1. The first-order chi connectivity index (χ1) is 6.27. The second-order valence-electron chi connectivity index (χ2n) is 2.63. The Morgan fingerprint density at radius 1 is 1.54 bits per heavy atom. The number of rotatable bonds is 3. The third-order valence-corrected chi connectivity index (χ3v) is 1.66. The molecule has 0 heterocycles. The summed E-state index contributed by atoms with van der Waals surface area (Å²) in [5, 5.41) is 0. The molecule has 0 aromatic heterocycles. The summed E-state index contributed by atoms with van der Waals surface area (Å²) in [5.74, 6) is 0. The van der Waals surface area contributed by atoms with Crippen LogP contribution in [0.4, 0.5) is 5.69 Å². The zero-order chi connectivity index (χ0) is 9.68. The number of nitrogens with zero attached hydrogens (tertiary/aromatic N) is 1. The third kappa shape index (κ3) is 2.40. The van der Waals surface area contributed by atoms with E-state index in [0.29, 0.717) is 11.3 Å². The minimum absolute atomic E-state index is 0.585. The zero-order valence-electron chi connectivity index (χ0n) is 7.53. The van der Waals surface area contributed by atoms with Crippen LogP contribution >= 0.6 is 0 Å². The van der Waals surface area contributed by atoms with Crippen molar-refractivity contribution < 1.29 is 4.79 Å². The topological polar surface area (TPSA) is 55.5 Å². The predicted octanol–water partition coefficient (Wildman–Crippen LogP) is 1.52. The van der Waals surface area contributed by atoms with E-state index in [-0.39, 0.29) is 0 Å². The van der Waals surface area contributed by atoms with Gasteiger partial charge in [-0.05, 0) is 13.0 Å². The molecule has 1 aromatic carbocycles. The van der Waals surface area contributed by atoms with Crippen molar-refractivity contribution in [1.29, 1.82) is 0 Å². The predicted molar refractivity (Wildman–Crippen MR) is 54.4 cm³/mol. The van der Waals surface area contributed by atoms with E-state index < -0.39 is 0 Å². The van der Waals surface area contributed by atoms with Gasteiger partial charge in [0.05, 0.1) is 0 Å². The lowest BCUT2D eigenvalue weighted by atomic mass is 10.1. The Bertz CT molecular complexity index is 332. The van der Waals surface area contributed by atoms with E-state index in [2.05, 4.69) is 4.99 Å². The lowest BCUT2D eigenvalue weighted by molar-refractivity contribution is 0.112. The van der Waals surface area contributed by atoms with Gasteiger partial charge in [-0.1, -0.05) is 12.1 Å². The molecular weight excluding hydrogens is 164 g/mol. The largest absolute Gasteiger partial charge is 0.398 e. The van der Waals surface area contributed by atoms with Gasteiger partial charge in [0.1, 0.15) is 6.29 Å². The van der Waals surface area contributed by atoms with Gasteiger partial charge in [-0.25, -0.2) is 0 Å². The Morgan fingerprint density at radius 3 is 2.85 bits per heavy atom. The second kappa shape index (κ2) is 4.40. The Labute approximate surface area is 77.3 Å². The highest BCUT2D eigenvalue weighted by Crippen LogP contribution is 2.10. The summed E-state index contributed by atoms with van der Waals surface area (Å²) in [6.45, 7) is 2.68. The number of hydrogen-bond acceptors (Lipinski definition) is 3. The number of anilines is 1. The lowest BCUT2D eigenvalue weighted by Crippen LogP contribution is -1.95. The SMILES string of the molecule is CCN=Cc1ccc(C=O)cc1N. The first-order valence-corrected chi connectivity index (χ1v) is 4.12. The molecule has 0 fully saturated rings.